The molecule has 0 bridgehead atoms. The van der Waals surface area contributed by atoms with Crippen molar-refractivity contribution < 1.29 is 9.18 Å². The van der Waals surface area contributed by atoms with E-state index in [-0.39, 0.29) is 17.8 Å². The van der Waals surface area contributed by atoms with Crippen LogP contribution in [0.3, 0.4) is 0 Å². The summed E-state index contributed by atoms with van der Waals surface area (Å²) in [5, 5.41) is 19.2. The predicted molar refractivity (Wildman–Crippen MR) is 131 cm³/mol. The van der Waals surface area contributed by atoms with E-state index in [1.807, 2.05) is 18.2 Å². The molecule has 4 rings (SSSR count). The molecule has 7 heteroatoms. The molecule has 3 aromatic rings. The molecule has 2 aromatic carbocycles. The Morgan fingerprint density at radius 1 is 1.15 bits per heavy atom. The van der Waals surface area contributed by atoms with Crippen molar-refractivity contribution in [2.45, 2.75) is 31.7 Å². The topological polar surface area (TPSA) is 89.8 Å². The molecule has 0 radical (unpaired) electrons. The van der Waals surface area contributed by atoms with Crippen molar-refractivity contribution in [1.29, 1.82) is 5.26 Å². The second-order valence-corrected chi connectivity index (χ2v) is 8.41. The minimum absolute atomic E-state index is 0.201. The molecule has 34 heavy (non-hydrogen) atoms. The number of amides is 1. The third-order valence-electron chi connectivity index (χ3n) is 5.98. The Morgan fingerprint density at radius 3 is 2.82 bits per heavy atom. The molecule has 1 aromatic heterocycles. The van der Waals surface area contributed by atoms with Crippen molar-refractivity contribution >= 4 is 11.7 Å². The highest BCUT2D eigenvalue weighted by Crippen LogP contribution is 2.25. The monoisotopic (exact) mass is 457 g/mol. The van der Waals surface area contributed by atoms with E-state index in [0.29, 0.717) is 47.7 Å². The van der Waals surface area contributed by atoms with E-state index in [1.54, 1.807) is 30.3 Å². The lowest BCUT2D eigenvalue weighted by atomic mass is 10.0. The van der Waals surface area contributed by atoms with Gasteiger partial charge in [0.1, 0.15) is 11.6 Å². The van der Waals surface area contributed by atoms with E-state index in [2.05, 4.69) is 22.0 Å². The van der Waals surface area contributed by atoms with Gasteiger partial charge in [-0.2, -0.15) is 5.26 Å². The maximum absolute atomic E-state index is 13.5. The molecule has 6 nitrogen and oxygen atoms in total. The van der Waals surface area contributed by atoms with Crippen LogP contribution in [0, 0.1) is 17.1 Å². The van der Waals surface area contributed by atoms with Crippen molar-refractivity contribution in [3.05, 3.63) is 83.2 Å². The average Bonchev–Trinajstić information content (AvgIpc) is 2.88. The van der Waals surface area contributed by atoms with Gasteiger partial charge in [0.05, 0.1) is 22.9 Å². The van der Waals surface area contributed by atoms with Gasteiger partial charge in [-0.05, 0) is 61.7 Å². The third kappa shape index (κ3) is 5.97. The molecule has 0 saturated carbocycles. The van der Waals surface area contributed by atoms with Crippen LogP contribution in [0.25, 0.3) is 11.3 Å². The fourth-order valence-corrected chi connectivity index (χ4v) is 4.16. The third-order valence-corrected chi connectivity index (χ3v) is 5.98. The molecule has 1 amide bonds. The Hall–Kier alpha value is -3.76. The van der Waals surface area contributed by atoms with E-state index in [0.717, 1.165) is 24.9 Å². The van der Waals surface area contributed by atoms with Gasteiger partial charge >= 0.3 is 0 Å². The Labute approximate surface area is 199 Å². The molecule has 2 heterocycles. The Balaban J connectivity index is 1.54. The molecule has 1 fully saturated rings. The molecule has 174 valence electrons. The number of benzene rings is 2. The van der Waals surface area contributed by atoms with Crippen molar-refractivity contribution in [3.63, 3.8) is 0 Å². The molecule has 1 aliphatic heterocycles. The molecule has 1 aliphatic rings. The highest BCUT2D eigenvalue weighted by molar-refractivity contribution is 5.99. The summed E-state index contributed by atoms with van der Waals surface area (Å²) in [6.07, 6.45) is 3.95. The second-order valence-electron chi connectivity index (χ2n) is 8.41. The summed E-state index contributed by atoms with van der Waals surface area (Å²) in [6.45, 7) is 2.01. The maximum Gasteiger partial charge on any atom is 0.255 e. The number of aromatic nitrogens is 1. The predicted octanol–water partition coefficient (Wildman–Crippen LogP) is 4.29. The van der Waals surface area contributed by atoms with Crippen LogP contribution in [0.15, 0.2) is 60.7 Å². The van der Waals surface area contributed by atoms with Crippen LogP contribution in [0.5, 0.6) is 0 Å². The fourth-order valence-electron chi connectivity index (χ4n) is 4.16. The number of carbonyl (C=O) groups is 1. The zero-order chi connectivity index (χ0) is 23.8. The summed E-state index contributed by atoms with van der Waals surface area (Å²) < 4.78 is 13.5. The molecule has 0 aliphatic carbocycles. The first kappa shape index (κ1) is 23.4. The number of nitriles is 1. The number of hydrogen-bond donors (Lipinski definition) is 3. The quantitative estimate of drug-likeness (QED) is 0.470. The van der Waals surface area contributed by atoms with Gasteiger partial charge in [-0.25, -0.2) is 9.37 Å². The van der Waals surface area contributed by atoms with Crippen LogP contribution in [-0.4, -0.2) is 36.6 Å². The van der Waals surface area contributed by atoms with Crippen LogP contribution in [-0.2, 0) is 6.42 Å². The van der Waals surface area contributed by atoms with Gasteiger partial charge in [0.2, 0.25) is 0 Å². The highest BCUT2D eigenvalue weighted by atomic mass is 19.1. The number of piperidine rings is 1. The zero-order valence-corrected chi connectivity index (χ0v) is 19.0. The number of anilines is 1. The number of hydrogen-bond acceptors (Lipinski definition) is 5. The molecular weight excluding hydrogens is 429 g/mol. The lowest BCUT2D eigenvalue weighted by Crippen LogP contribution is -2.43. The summed E-state index contributed by atoms with van der Waals surface area (Å²) in [6, 6.07) is 19.7. The molecule has 1 unspecified atom stereocenters. The standard InChI is InChI=1S/C27H28FN5O/c28-21-8-5-6-19(16-21)13-15-31-26-24(27(34)32-18-22-9-3-4-14-30-22)11-12-25(33-26)23-10-2-1-7-20(23)17-29/h1-2,5-8,10-12,16,22,30H,3-4,9,13-15,18H2,(H,31,33)(H,32,34). The second kappa shape index (κ2) is 11.4. The normalized spacial score (nSPS) is 15.4. The van der Waals surface area contributed by atoms with E-state index in [1.165, 1.54) is 18.6 Å². The summed E-state index contributed by atoms with van der Waals surface area (Å²) in [7, 11) is 0. The van der Waals surface area contributed by atoms with Crippen molar-refractivity contribution in [2.75, 3.05) is 25.0 Å². The largest absolute Gasteiger partial charge is 0.369 e. The van der Waals surface area contributed by atoms with Gasteiger partial charge in [0, 0.05) is 24.7 Å². The van der Waals surface area contributed by atoms with Gasteiger partial charge in [-0.1, -0.05) is 36.8 Å². The Kier molecular flexibility index (Phi) is 7.84. The number of nitrogens with one attached hydrogen (secondary N) is 3. The van der Waals surface area contributed by atoms with Gasteiger partial charge in [-0.15, -0.1) is 0 Å². The zero-order valence-electron chi connectivity index (χ0n) is 19.0. The molecule has 0 spiro atoms. The molecule has 3 N–H and O–H groups in total. The lowest BCUT2D eigenvalue weighted by Gasteiger charge is -2.23. The number of nitrogens with zero attached hydrogens (tertiary/aromatic N) is 2. The van der Waals surface area contributed by atoms with Crippen LogP contribution < -0.4 is 16.0 Å². The molecule has 1 saturated heterocycles. The van der Waals surface area contributed by atoms with E-state index >= 15 is 0 Å². The first-order chi connectivity index (χ1) is 16.6. The van der Waals surface area contributed by atoms with Crippen molar-refractivity contribution in [1.82, 2.24) is 15.6 Å². The van der Waals surface area contributed by atoms with Crippen LogP contribution in [0.1, 0.15) is 40.7 Å². The van der Waals surface area contributed by atoms with Gasteiger partial charge in [0.25, 0.3) is 5.91 Å². The number of halogens is 1. The van der Waals surface area contributed by atoms with Crippen LogP contribution in [0.4, 0.5) is 10.2 Å². The van der Waals surface area contributed by atoms with Gasteiger partial charge < -0.3 is 16.0 Å². The summed E-state index contributed by atoms with van der Waals surface area (Å²) in [4.78, 5) is 17.7. The van der Waals surface area contributed by atoms with Gasteiger partial charge in [0.15, 0.2) is 0 Å². The average molecular weight is 458 g/mol. The van der Waals surface area contributed by atoms with Gasteiger partial charge in [-0.3, -0.25) is 4.79 Å². The summed E-state index contributed by atoms with van der Waals surface area (Å²) >= 11 is 0. The highest BCUT2D eigenvalue weighted by Gasteiger charge is 2.18. The van der Waals surface area contributed by atoms with Crippen LogP contribution in [0.2, 0.25) is 0 Å². The number of pyridine rings is 1. The molecule has 1 atom stereocenters. The Bertz CT molecular complexity index is 1180. The summed E-state index contributed by atoms with van der Waals surface area (Å²) in [5.41, 5.74) is 3.12. The van der Waals surface area contributed by atoms with E-state index in [4.69, 9.17) is 4.98 Å². The maximum atomic E-state index is 13.5. The Morgan fingerprint density at radius 2 is 2.03 bits per heavy atom. The lowest BCUT2D eigenvalue weighted by molar-refractivity contribution is 0.0948. The van der Waals surface area contributed by atoms with Crippen molar-refractivity contribution in [2.24, 2.45) is 0 Å². The smallest absolute Gasteiger partial charge is 0.255 e. The summed E-state index contributed by atoms with van der Waals surface area (Å²) in [5.74, 6) is -0.0360. The minimum atomic E-state index is -0.276. The minimum Gasteiger partial charge on any atom is -0.369 e. The van der Waals surface area contributed by atoms with E-state index in [9.17, 15) is 14.4 Å². The first-order valence-electron chi connectivity index (χ1n) is 11.6. The first-order valence-corrected chi connectivity index (χ1v) is 11.6. The fraction of sp³-hybridized carbons (Fsp3) is 0.296. The SMILES string of the molecule is N#Cc1ccccc1-c1ccc(C(=O)NCC2CCCCN2)c(NCCc2cccc(F)c2)n1. The number of rotatable bonds is 8. The number of carbonyl (C=O) groups excluding carboxylic acids is 1. The van der Waals surface area contributed by atoms with E-state index < -0.39 is 0 Å². The molecular formula is C27H28FN5O. The van der Waals surface area contributed by atoms with Crippen LogP contribution >= 0.6 is 0 Å². The van der Waals surface area contributed by atoms with Crippen molar-refractivity contribution in [3.8, 4) is 17.3 Å².